The number of carboxylic acid groups (broad SMARTS) is 2. The lowest BCUT2D eigenvalue weighted by Gasteiger charge is -1.98. The highest BCUT2D eigenvalue weighted by Gasteiger charge is 1.98. The van der Waals surface area contributed by atoms with Crippen LogP contribution in [0.1, 0.15) is 51.4 Å². The molecule has 0 spiro atoms. The van der Waals surface area contributed by atoms with Gasteiger partial charge in [-0.2, -0.15) is 0 Å². The van der Waals surface area contributed by atoms with Crippen LogP contribution >= 0.6 is 0 Å². The van der Waals surface area contributed by atoms with E-state index >= 15 is 0 Å². The third-order valence-corrected chi connectivity index (χ3v) is 2.03. The second-order valence-electron chi connectivity index (χ2n) is 3.86. The number of hydrogen-bond donors (Lipinski definition) is 5. The smallest absolute Gasteiger partial charge is 0.303 e. The first-order valence-electron chi connectivity index (χ1n) is 5.84. The predicted molar refractivity (Wildman–Crippen MR) is 66.6 cm³/mol. The van der Waals surface area contributed by atoms with E-state index in [9.17, 15) is 9.59 Å². The summed E-state index contributed by atoms with van der Waals surface area (Å²) in [5.41, 5.74) is 0. The van der Waals surface area contributed by atoms with Crippen LogP contribution < -0.4 is 17.5 Å². The quantitative estimate of drug-likeness (QED) is 0.224. The lowest BCUT2D eigenvalue weighted by Crippen LogP contribution is -2.43. The Bertz CT molecular complexity index is 201. The Kier molecular flexibility index (Phi) is 14.7. The van der Waals surface area contributed by atoms with E-state index in [0.29, 0.717) is 5.23 Å². The first kappa shape index (κ1) is 19.1. The van der Waals surface area contributed by atoms with E-state index in [2.05, 4.69) is 17.5 Å². The largest absolute Gasteiger partial charge is 0.481 e. The number of nitrogens with two attached hydrogens (primary N) is 3. The average molecular weight is 264 g/mol. The van der Waals surface area contributed by atoms with E-state index in [1.54, 1.807) is 0 Å². The van der Waals surface area contributed by atoms with E-state index in [0.717, 1.165) is 38.5 Å². The number of rotatable bonds is 9. The predicted octanol–water partition coefficient (Wildman–Crippen LogP) is 0.186. The molecule has 0 aromatic heterocycles. The molecule has 0 amide bonds. The van der Waals surface area contributed by atoms with Crippen molar-refractivity contribution in [3.8, 4) is 0 Å². The van der Waals surface area contributed by atoms with Crippen molar-refractivity contribution in [2.45, 2.75) is 51.4 Å². The molecule has 0 aromatic carbocycles. The molecule has 8 N–H and O–H groups in total. The summed E-state index contributed by atoms with van der Waals surface area (Å²) in [7, 11) is 0. The fourth-order valence-corrected chi connectivity index (χ4v) is 1.26. The molecule has 18 heavy (non-hydrogen) atoms. The Morgan fingerprint density at radius 1 is 0.722 bits per heavy atom. The number of nitrogens with zero attached hydrogens (tertiary/aromatic N) is 1. The molecular weight excluding hydrogens is 240 g/mol. The summed E-state index contributed by atoms with van der Waals surface area (Å²) in [4.78, 5) is 20.3. The van der Waals surface area contributed by atoms with Crippen LogP contribution in [0.4, 0.5) is 0 Å². The SMILES string of the molecule is NN(N)N.O=C(O)CCCCCCCCC(=O)O. The molecular formula is C10H24N4O4. The first-order chi connectivity index (χ1) is 8.36. The first-order valence-corrected chi connectivity index (χ1v) is 5.84. The number of unbranched alkanes of at least 4 members (excludes halogenated alkanes) is 5. The zero-order valence-corrected chi connectivity index (χ0v) is 10.5. The molecule has 0 aromatic rings. The zero-order chi connectivity index (χ0) is 14.4. The van der Waals surface area contributed by atoms with E-state index < -0.39 is 11.9 Å². The van der Waals surface area contributed by atoms with Crippen molar-refractivity contribution >= 4 is 11.9 Å². The number of hydrogen-bond acceptors (Lipinski definition) is 6. The molecule has 0 fully saturated rings. The second-order valence-corrected chi connectivity index (χ2v) is 3.86. The van der Waals surface area contributed by atoms with Crippen molar-refractivity contribution < 1.29 is 19.8 Å². The van der Waals surface area contributed by atoms with Crippen LogP contribution in [0.2, 0.25) is 0 Å². The van der Waals surface area contributed by atoms with Gasteiger partial charge in [0, 0.05) is 12.8 Å². The van der Waals surface area contributed by atoms with Gasteiger partial charge in [-0.25, -0.2) is 17.5 Å². The van der Waals surface area contributed by atoms with Crippen molar-refractivity contribution in [1.82, 2.24) is 5.23 Å². The van der Waals surface area contributed by atoms with E-state index in [1.165, 1.54) is 0 Å². The average Bonchev–Trinajstić information content (AvgIpc) is 2.20. The molecule has 0 atom stereocenters. The van der Waals surface area contributed by atoms with Crippen LogP contribution in [0, 0.1) is 0 Å². The maximum absolute atomic E-state index is 10.1. The Labute approximate surface area is 107 Å². The van der Waals surface area contributed by atoms with Gasteiger partial charge in [-0.05, 0) is 12.8 Å². The third-order valence-electron chi connectivity index (χ3n) is 2.03. The molecule has 0 aliphatic carbocycles. The summed E-state index contributed by atoms with van der Waals surface area (Å²) in [6.07, 6.45) is 5.82. The Hall–Kier alpha value is -1.22. The summed E-state index contributed by atoms with van der Waals surface area (Å²) in [6, 6.07) is 0. The Morgan fingerprint density at radius 3 is 1.17 bits per heavy atom. The number of hydrazine groups is 3. The molecule has 8 nitrogen and oxygen atoms in total. The topological polar surface area (TPSA) is 156 Å². The summed E-state index contributed by atoms with van der Waals surface area (Å²) in [6.45, 7) is 0. The minimum Gasteiger partial charge on any atom is -0.481 e. The minimum atomic E-state index is -0.740. The van der Waals surface area contributed by atoms with Gasteiger partial charge >= 0.3 is 11.9 Å². The molecule has 0 heterocycles. The van der Waals surface area contributed by atoms with Crippen molar-refractivity contribution in [3.63, 3.8) is 0 Å². The third kappa shape index (κ3) is 29.3. The molecule has 0 rings (SSSR count). The summed E-state index contributed by atoms with van der Waals surface area (Å²) < 4.78 is 0. The van der Waals surface area contributed by atoms with Gasteiger partial charge in [-0.3, -0.25) is 9.59 Å². The van der Waals surface area contributed by atoms with Crippen molar-refractivity contribution in [3.05, 3.63) is 0 Å². The molecule has 0 bridgehead atoms. The highest BCUT2D eigenvalue weighted by Crippen LogP contribution is 2.08. The van der Waals surface area contributed by atoms with E-state index in [1.807, 2.05) is 0 Å². The Balaban J connectivity index is 0. The van der Waals surface area contributed by atoms with Gasteiger partial charge in [0.25, 0.3) is 0 Å². The molecule has 8 heteroatoms. The molecule has 0 aliphatic rings. The normalized spacial score (nSPS) is 9.78. The standard InChI is InChI=1S/C10H18O4.H6N4/c11-9(12)7-5-3-1-2-4-6-8-10(13)14;1-4(2)3/h1-8H2,(H,11,12)(H,13,14);1-3H2. The maximum atomic E-state index is 10.1. The highest BCUT2D eigenvalue weighted by molar-refractivity contribution is 5.66. The van der Waals surface area contributed by atoms with Crippen LogP contribution in [-0.4, -0.2) is 27.4 Å². The maximum Gasteiger partial charge on any atom is 0.303 e. The second kappa shape index (κ2) is 13.8. The van der Waals surface area contributed by atoms with Gasteiger partial charge in [0.05, 0.1) is 0 Å². The lowest BCUT2D eigenvalue weighted by molar-refractivity contribution is -0.138. The minimum absolute atomic E-state index is 0.245. The summed E-state index contributed by atoms with van der Waals surface area (Å²) >= 11 is 0. The molecule has 0 aliphatic heterocycles. The van der Waals surface area contributed by atoms with Crippen molar-refractivity contribution in [1.29, 1.82) is 0 Å². The van der Waals surface area contributed by atoms with Crippen LogP contribution in [-0.2, 0) is 9.59 Å². The molecule has 108 valence electrons. The van der Waals surface area contributed by atoms with Crippen LogP contribution in [0.15, 0.2) is 0 Å². The molecule has 0 unspecified atom stereocenters. The van der Waals surface area contributed by atoms with Gasteiger partial charge in [0.1, 0.15) is 0 Å². The van der Waals surface area contributed by atoms with E-state index in [-0.39, 0.29) is 12.8 Å². The summed E-state index contributed by atoms with van der Waals surface area (Å²) in [5.74, 6) is 12.0. The van der Waals surface area contributed by atoms with E-state index in [4.69, 9.17) is 10.2 Å². The molecule has 0 saturated heterocycles. The monoisotopic (exact) mass is 264 g/mol. The van der Waals surface area contributed by atoms with Crippen LogP contribution in [0.25, 0.3) is 0 Å². The van der Waals surface area contributed by atoms with Crippen molar-refractivity contribution in [2.75, 3.05) is 0 Å². The van der Waals surface area contributed by atoms with Gasteiger partial charge < -0.3 is 10.2 Å². The fraction of sp³-hybridized carbons (Fsp3) is 0.800. The van der Waals surface area contributed by atoms with Crippen molar-refractivity contribution in [2.24, 2.45) is 17.5 Å². The lowest BCUT2D eigenvalue weighted by atomic mass is 10.1. The van der Waals surface area contributed by atoms with Gasteiger partial charge in [-0.15, -0.1) is 5.23 Å². The summed E-state index contributed by atoms with van der Waals surface area (Å²) in [5, 5.41) is 17.2. The molecule has 0 saturated carbocycles. The Morgan fingerprint density at radius 2 is 0.944 bits per heavy atom. The zero-order valence-electron chi connectivity index (χ0n) is 10.5. The number of carbonyl (C=O) groups is 2. The van der Waals surface area contributed by atoms with Gasteiger partial charge in [0.2, 0.25) is 0 Å². The molecule has 0 radical (unpaired) electrons. The van der Waals surface area contributed by atoms with Gasteiger partial charge in [0.15, 0.2) is 0 Å². The van der Waals surface area contributed by atoms with Crippen LogP contribution in [0.3, 0.4) is 0 Å². The highest BCUT2D eigenvalue weighted by atomic mass is 16.4. The number of carboxylic acids is 2. The van der Waals surface area contributed by atoms with Gasteiger partial charge in [-0.1, -0.05) is 25.7 Å². The fourth-order valence-electron chi connectivity index (χ4n) is 1.26. The number of aliphatic carboxylic acids is 2. The van der Waals surface area contributed by atoms with Crippen LogP contribution in [0.5, 0.6) is 0 Å².